The fourth-order valence-electron chi connectivity index (χ4n) is 2.59. The number of carboxylic acids is 1. The molecule has 7 nitrogen and oxygen atoms in total. The van der Waals surface area contributed by atoms with Gasteiger partial charge in [-0.25, -0.2) is 12.4 Å². The third-order valence-corrected chi connectivity index (χ3v) is 6.62. The Labute approximate surface area is 160 Å². The van der Waals surface area contributed by atoms with Crippen molar-refractivity contribution in [3.05, 3.63) is 48.7 Å². The number of aliphatic carboxylic acids is 1. The fraction of sp³-hybridized carbons (Fsp3) is 0.167. The molecule has 2 aromatic carbocycles. The number of carboxylic acid groups (broad SMARTS) is 1. The summed E-state index contributed by atoms with van der Waals surface area (Å²) in [7, 11) is -0.856. The van der Waals surface area contributed by atoms with Gasteiger partial charge in [-0.15, -0.1) is 11.8 Å². The molecular formula is C18H17NO6S2. The standard InChI is InChI=1S/C18H17NO6S2/c1-24-12-3-6-14(7-4-12)27(22,23)19-10-17(26-11-18(20)21)15-9-13(25-2)5-8-16(15)19/h3-10H,11H2,1-2H3,(H,20,21). The molecule has 0 saturated heterocycles. The minimum absolute atomic E-state index is 0.103. The van der Waals surface area contributed by atoms with Crippen molar-refractivity contribution in [1.29, 1.82) is 0 Å². The molecule has 0 fully saturated rings. The van der Waals surface area contributed by atoms with Crippen LogP contribution in [-0.4, -0.2) is 43.4 Å². The number of nitrogens with zero attached hydrogens (tertiary/aromatic N) is 1. The highest BCUT2D eigenvalue weighted by molar-refractivity contribution is 8.00. The first-order valence-corrected chi connectivity index (χ1v) is 10.2. The lowest BCUT2D eigenvalue weighted by Gasteiger charge is -2.08. The van der Waals surface area contributed by atoms with Crippen LogP contribution in [0.15, 0.2) is 58.5 Å². The van der Waals surface area contributed by atoms with E-state index in [2.05, 4.69) is 0 Å². The van der Waals surface area contributed by atoms with Gasteiger partial charge >= 0.3 is 5.97 Å². The number of aromatic nitrogens is 1. The van der Waals surface area contributed by atoms with Crippen LogP contribution in [-0.2, 0) is 14.8 Å². The van der Waals surface area contributed by atoms with Crippen molar-refractivity contribution in [2.75, 3.05) is 20.0 Å². The molecular weight excluding hydrogens is 390 g/mol. The van der Waals surface area contributed by atoms with Crippen molar-refractivity contribution in [2.45, 2.75) is 9.79 Å². The summed E-state index contributed by atoms with van der Waals surface area (Å²) in [6.45, 7) is 0. The summed E-state index contributed by atoms with van der Waals surface area (Å²) in [6.07, 6.45) is 1.44. The highest BCUT2D eigenvalue weighted by Gasteiger charge is 2.22. The zero-order chi connectivity index (χ0) is 19.6. The van der Waals surface area contributed by atoms with Gasteiger partial charge in [-0.2, -0.15) is 0 Å². The quantitative estimate of drug-likeness (QED) is 0.602. The van der Waals surface area contributed by atoms with Gasteiger partial charge in [-0.3, -0.25) is 4.79 Å². The Morgan fingerprint density at radius 1 is 1.07 bits per heavy atom. The van der Waals surface area contributed by atoms with Crippen LogP contribution >= 0.6 is 11.8 Å². The van der Waals surface area contributed by atoms with Crippen LogP contribution in [0.25, 0.3) is 10.9 Å². The van der Waals surface area contributed by atoms with E-state index in [1.54, 1.807) is 30.3 Å². The molecule has 3 aromatic rings. The maximum Gasteiger partial charge on any atom is 0.313 e. The number of benzene rings is 2. The number of hydrogen-bond acceptors (Lipinski definition) is 6. The summed E-state index contributed by atoms with van der Waals surface area (Å²) in [6, 6.07) is 11.1. The minimum Gasteiger partial charge on any atom is -0.497 e. The van der Waals surface area contributed by atoms with E-state index in [0.29, 0.717) is 27.3 Å². The van der Waals surface area contributed by atoms with Crippen LogP contribution in [0.4, 0.5) is 0 Å². The third-order valence-electron chi connectivity index (χ3n) is 3.91. The van der Waals surface area contributed by atoms with Gasteiger partial charge in [0, 0.05) is 16.5 Å². The van der Waals surface area contributed by atoms with E-state index in [-0.39, 0.29) is 10.6 Å². The third kappa shape index (κ3) is 3.74. The first-order valence-electron chi connectivity index (χ1n) is 7.80. The number of ether oxygens (including phenoxy) is 2. The summed E-state index contributed by atoms with van der Waals surface area (Å²) < 4.78 is 37.7. The molecule has 9 heteroatoms. The monoisotopic (exact) mass is 407 g/mol. The van der Waals surface area contributed by atoms with Crippen LogP contribution in [0.5, 0.6) is 11.5 Å². The largest absolute Gasteiger partial charge is 0.497 e. The second-order valence-corrected chi connectivity index (χ2v) is 8.37. The molecule has 142 valence electrons. The molecule has 27 heavy (non-hydrogen) atoms. The van der Waals surface area contributed by atoms with Crippen LogP contribution in [0.3, 0.4) is 0 Å². The molecule has 0 saturated carbocycles. The van der Waals surface area contributed by atoms with Gasteiger partial charge in [0.2, 0.25) is 0 Å². The van der Waals surface area contributed by atoms with Gasteiger partial charge in [0.05, 0.1) is 30.4 Å². The maximum atomic E-state index is 13.1. The first-order chi connectivity index (χ1) is 12.9. The second kappa shape index (κ2) is 7.53. The van der Waals surface area contributed by atoms with E-state index in [9.17, 15) is 13.2 Å². The Kier molecular flexibility index (Phi) is 5.33. The van der Waals surface area contributed by atoms with Crippen LogP contribution in [0, 0.1) is 0 Å². The summed E-state index contributed by atoms with van der Waals surface area (Å²) >= 11 is 1.06. The van der Waals surface area contributed by atoms with Crippen LogP contribution in [0.1, 0.15) is 0 Å². The molecule has 1 aromatic heterocycles. The molecule has 0 aliphatic carbocycles. The van der Waals surface area contributed by atoms with Crippen molar-refractivity contribution in [3.63, 3.8) is 0 Å². The molecule has 0 unspecified atom stereocenters. The molecule has 0 atom stereocenters. The van der Waals surface area contributed by atoms with E-state index in [4.69, 9.17) is 14.6 Å². The van der Waals surface area contributed by atoms with Gasteiger partial charge in [0.1, 0.15) is 11.5 Å². The number of fused-ring (bicyclic) bond motifs is 1. The number of carbonyl (C=O) groups is 1. The number of rotatable bonds is 7. The second-order valence-electron chi connectivity index (χ2n) is 5.54. The van der Waals surface area contributed by atoms with E-state index in [1.165, 1.54) is 32.5 Å². The van der Waals surface area contributed by atoms with Crippen molar-refractivity contribution in [1.82, 2.24) is 3.97 Å². The lowest BCUT2D eigenvalue weighted by Crippen LogP contribution is -2.11. The zero-order valence-corrected chi connectivity index (χ0v) is 16.2. The summed E-state index contributed by atoms with van der Waals surface area (Å²) in [5, 5.41) is 9.57. The fourth-order valence-corrected chi connectivity index (χ4v) is 4.81. The van der Waals surface area contributed by atoms with Gasteiger partial charge in [0.25, 0.3) is 10.0 Å². The van der Waals surface area contributed by atoms with Crippen LogP contribution in [0.2, 0.25) is 0 Å². The molecule has 0 radical (unpaired) electrons. The molecule has 0 bridgehead atoms. The molecule has 0 aliphatic rings. The zero-order valence-electron chi connectivity index (χ0n) is 14.6. The van der Waals surface area contributed by atoms with Crippen molar-refractivity contribution >= 4 is 38.7 Å². The Morgan fingerprint density at radius 3 is 2.30 bits per heavy atom. The Hall–Kier alpha value is -2.65. The lowest BCUT2D eigenvalue weighted by atomic mass is 10.2. The minimum atomic E-state index is -3.87. The van der Waals surface area contributed by atoms with Gasteiger partial charge in [-0.05, 0) is 42.5 Å². The topological polar surface area (TPSA) is 94.8 Å². The molecule has 1 heterocycles. The number of thioether (sulfide) groups is 1. The maximum absolute atomic E-state index is 13.1. The predicted molar refractivity (Wildman–Crippen MR) is 102 cm³/mol. The van der Waals surface area contributed by atoms with Crippen molar-refractivity contribution < 1.29 is 27.8 Å². The van der Waals surface area contributed by atoms with Gasteiger partial charge < -0.3 is 14.6 Å². The summed E-state index contributed by atoms with van der Waals surface area (Å²) in [5.41, 5.74) is 0.444. The average molecular weight is 407 g/mol. The Morgan fingerprint density at radius 2 is 1.70 bits per heavy atom. The number of hydrogen-bond donors (Lipinski definition) is 1. The Balaban J connectivity index is 2.15. The van der Waals surface area contributed by atoms with Crippen molar-refractivity contribution in [3.8, 4) is 11.5 Å². The van der Waals surface area contributed by atoms with E-state index < -0.39 is 16.0 Å². The molecule has 3 rings (SSSR count). The average Bonchev–Trinajstić information content (AvgIpc) is 3.05. The predicted octanol–water partition coefficient (Wildman–Crippen LogP) is 3.07. The lowest BCUT2D eigenvalue weighted by molar-refractivity contribution is -0.133. The summed E-state index contributed by atoms with van der Waals surface area (Å²) in [4.78, 5) is 11.6. The molecule has 0 spiro atoms. The van der Waals surface area contributed by atoms with Crippen molar-refractivity contribution in [2.24, 2.45) is 0 Å². The SMILES string of the molecule is COc1ccc(S(=O)(=O)n2cc(SCC(=O)O)c3cc(OC)ccc32)cc1. The van der Waals surface area contributed by atoms with E-state index in [1.807, 2.05) is 0 Å². The van der Waals surface area contributed by atoms with E-state index >= 15 is 0 Å². The normalized spacial score (nSPS) is 11.5. The smallest absolute Gasteiger partial charge is 0.313 e. The molecule has 0 aliphatic heterocycles. The molecule has 1 N–H and O–H groups in total. The first kappa shape index (κ1) is 19.1. The summed E-state index contributed by atoms with van der Waals surface area (Å²) in [5.74, 6) is -0.0614. The highest BCUT2D eigenvalue weighted by atomic mass is 32.2. The van der Waals surface area contributed by atoms with Gasteiger partial charge in [0.15, 0.2) is 0 Å². The van der Waals surface area contributed by atoms with Gasteiger partial charge in [-0.1, -0.05) is 0 Å². The van der Waals surface area contributed by atoms with E-state index in [0.717, 1.165) is 15.7 Å². The Bertz CT molecular complexity index is 1090. The highest BCUT2D eigenvalue weighted by Crippen LogP contribution is 2.34. The number of methoxy groups -OCH3 is 2. The van der Waals surface area contributed by atoms with Crippen LogP contribution < -0.4 is 9.47 Å². The molecule has 0 amide bonds.